The minimum absolute atomic E-state index is 0.0879. The fourth-order valence-electron chi connectivity index (χ4n) is 2.28. The van der Waals surface area contributed by atoms with E-state index in [4.69, 9.17) is 14.0 Å². The fourth-order valence-corrected chi connectivity index (χ4v) is 2.28. The van der Waals surface area contributed by atoms with E-state index in [9.17, 15) is 9.59 Å². The summed E-state index contributed by atoms with van der Waals surface area (Å²) in [5, 5.41) is 0. The van der Waals surface area contributed by atoms with E-state index in [2.05, 4.69) is 0 Å². The molecule has 4 nitrogen and oxygen atoms in total. The molecule has 106 valence electrons. The summed E-state index contributed by atoms with van der Waals surface area (Å²) in [5.41, 5.74) is 5.54. The van der Waals surface area contributed by atoms with Crippen LogP contribution in [0.15, 0.2) is 36.3 Å². The Balaban J connectivity index is 2.57. The van der Waals surface area contributed by atoms with E-state index in [1.165, 1.54) is 0 Å². The van der Waals surface area contributed by atoms with Crippen LogP contribution in [0, 0.1) is 13.8 Å². The van der Waals surface area contributed by atoms with E-state index in [1.807, 2.05) is 0 Å². The zero-order chi connectivity index (χ0) is 20.4. The summed E-state index contributed by atoms with van der Waals surface area (Å²) in [4.78, 5) is 26.0. The summed E-state index contributed by atoms with van der Waals surface area (Å²) in [6.07, 6.45) is -0.434. The SMILES string of the molecule is [2H]c1c([2H])c([2H])c2c(c1[2H])CC(=O)c1c([2H])c(C)c(C)c([2H])c1N2C(N)=O. The smallest absolute Gasteiger partial charge is 0.323 e. The maximum absolute atomic E-state index is 12.9. The van der Waals surface area contributed by atoms with Gasteiger partial charge in [0.25, 0.3) is 0 Å². The zero-order valence-electron chi connectivity index (χ0n) is 17.5. The lowest BCUT2D eigenvalue weighted by Gasteiger charge is -2.23. The summed E-state index contributed by atoms with van der Waals surface area (Å²) < 4.78 is 48.8. The average Bonchev–Trinajstić information content (AvgIpc) is 2.75. The maximum atomic E-state index is 12.9. The van der Waals surface area contributed by atoms with E-state index < -0.39 is 42.4 Å². The number of hydrogen-bond donors (Lipinski definition) is 1. The number of amides is 2. The normalized spacial score (nSPS) is 17.4. The van der Waals surface area contributed by atoms with Crippen molar-refractivity contribution in [2.45, 2.75) is 20.3 Å². The summed E-state index contributed by atoms with van der Waals surface area (Å²) in [6, 6.07) is -3.55. The fraction of sp³-hybridized carbons (Fsp3) is 0.176. The summed E-state index contributed by atoms with van der Waals surface area (Å²) in [6.45, 7) is 3.16. The highest BCUT2D eigenvalue weighted by atomic mass is 16.2. The van der Waals surface area contributed by atoms with Crippen LogP contribution in [0.5, 0.6) is 0 Å². The second-order valence-electron chi connectivity index (χ2n) is 4.82. The molecule has 2 aromatic carbocycles. The first-order chi connectivity index (χ1) is 12.5. The Morgan fingerprint density at radius 1 is 1.19 bits per heavy atom. The van der Waals surface area contributed by atoms with E-state index in [0.29, 0.717) is 11.1 Å². The second-order valence-corrected chi connectivity index (χ2v) is 4.82. The van der Waals surface area contributed by atoms with Crippen molar-refractivity contribution in [3.8, 4) is 0 Å². The largest absolute Gasteiger partial charge is 0.351 e. The van der Waals surface area contributed by atoms with Crippen LogP contribution in [-0.2, 0) is 6.42 Å². The number of para-hydroxylation sites is 1. The average molecular weight is 286 g/mol. The van der Waals surface area contributed by atoms with Gasteiger partial charge in [0, 0.05) is 12.0 Å². The van der Waals surface area contributed by atoms with Crippen LogP contribution in [0.2, 0.25) is 0 Å². The van der Waals surface area contributed by atoms with Crippen molar-refractivity contribution in [2.75, 3.05) is 4.90 Å². The van der Waals surface area contributed by atoms with Gasteiger partial charge in [-0.2, -0.15) is 0 Å². The first-order valence-corrected chi connectivity index (χ1v) is 6.32. The maximum Gasteiger partial charge on any atom is 0.323 e. The zero-order valence-corrected chi connectivity index (χ0v) is 11.5. The summed E-state index contributed by atoms with van der Waals surface area (Å²) in [7, 11) is 0. The third kappa shape index (κ3) is 2.09. The molecule has 1 aliphatic heterocycles. The summed E-state index contributed by atoms with van der Waals surface area (Å²) >= 11 is 0. The number of carbonyl (C=O) groups is 2. The molecule has 2 aromatic rings. The van der Waals surface area contributed by atoms with Gasteiger partial charge in [-0.1, -0.05) is 18.1 Å². The van der Waals surface area contributed by atoms with Crippen molar-refractivity contribution >= 4 is 23.2 Å². The van der Waals surface area contributed by atoms with Gasteiger partial charge in [0.1, 0.15) is 0 Å². The molecule has 2 N–H and O–H groups in total. The van der Waals surface area contributed by atoms with Crippen LogP contribution < -0.4 is 10.6 Å². The van der Waals surface area contributed by atoms with Gasteiger partial charge in [0.2, 0.25) is 0 Å². The number of nitrogens with two attached hydrogens (primary N) is 1. The van der Waals surface area contributed by atoms with Gasteiger partial charge < -0.3 is 5.73 Å². The van der Waals surface area contributed by atoms with Gasteiger partial charge in [-0.15, -0.1) is 0 Å². The number of fused-ring (bicyclic) bond motifs is 2. The molecule has 2 amide bonds. The topological polar surface area (TPSA) is 63.4 Å². The summed E-state index contributed by atoms with van der Waals surface area (Å²) in [5.74, 6) is -0.610. The third-order valence-corrected chi connectivity index (χ3v) is 3.44. The molecule has 0 saturated carbocycles. The Morgan fingerprint density at radius 3 is 2.57 bits per heavy atom. The van der Waals surface area contributed by atoms with Crippen LogP contribution in [0.3, 0.4) is 0 Å². The van der Waals surface area contributed by atoms with Gasteiger partial charge in [0.15, 0.2) is 5.78 Å². The molecule has 0 fully saturated rings. The number of nitrogens with zero attached hydrogens (tertiary/aromatic N) is 1. The van der Waals surface area contributed by atoms with E-state index >= 15 is 0 Å². The molecule has 4 heteroatoms. The third-order valence-electron chi connectivity index (χ3n) is 3.44. The predicted molar refractivity (Wildman–Crippen MR) is 82.1 cm³/mol. The van der Waals surface area contributed by atoms with Crippen molar-refractivity contribution < 1.29 is 17.8 Å². The first kappa shape index (κ1) is 7.98. The number of Topliss-reactive ketones (excluding diaryl/α,β-unsaturated/α-hetero) is 1. The van der Waals surface area contributed by atoms with Crippen LogP contribution in [-0.4, -0.2) is 11.8 Å². The molecule has 0 aliphatic carbocycles. The van der Waals surface area contributed by atoms with Gasteiger partial charge in [-0.25, -0.2) is 4.79 Å². The number of benzene rings is 2. The number of rotatable bonds is 0. The van der Waals surface area contributed by atoms with Gasteiger partial charge in [-0.05, 0) is 48.7 Å². The van der Waals surface area contributed by atoms with Crippen molar-refractivity contribution in [2.24, 2.45) is 5.73 Å². The molecule has 1 aliphatic rings. The van der Waals surface area contributed by atoms with Gasteiger partial charge in [0.05, 0.1) is 19.6 Å². The molecular formula is C17H16N2O2. The molecule has 21 heavy (non-hydrogen) atoms. The van der Waals surface area contributed by atoms with Crippen molar-refractivity contribution in [1.82, 2.24) is 0 Å². The molecule has 0 atom stereocenters. The highest BCUT2D eigenvalue weighted by Crippen LogP contribution is 2.37. The molecule has 0 saturated heterocycles. The van der Waals surface area contributed by atoms with Crippen LogP contribution >= 0.6 is 0 Å². The molecule has 3 rings (SSSR count). The van der Waals surface area contributed by atoms with Crippen molar-refractivity contribution in [1.29, 1.82) is 0 Å². The molecule has 0 spiro atoms. The van der Waals surface area contributed by atoms with E-state index in [0.717, 1.165) is 4.90 Å². The molecular weight excluding hydrogens is 264 g/mol. The highest BCUT2D eigenvalue weighted by Gasteiger charge is 2.28. The Hall–Kier alpha value is -2.62. The number of primary amides is 1. The Labute approximate surface area is 131 Å². The van der Waals surface area contributed by atoms with Crippen molar-refractivity contribution in [3.05, 3.63) is 58.5 Å². The monoisotopic (exact) mass is 286 g/mol. The predicted octanol–water partition coefficient (Wildman–Crippen LogP) is 3.26. The Bertz CT molecular complexity index is 1050. The van der Waals surface area contributed by atoms with E-state index in [1.54, 1.807) is 13.8 Å². The lowest BCUT2D eigenvalue weighted by Crippen LogP contribution is -2.32. The first-order valence-electron chi connectivity index (χ1n) is 9.32. The standard InChI is InChI=1S/C17H16N2O2/c1-10-7-13-15(8-11(10)2)19(17(18)21)14-6-4-3-5-12(14)9-16(13)20/h3-8H,9H2,1-2H3,(H2,18,21)/i3D,4D,5D,6D,7D,8D. The second kappa shape index (κ2) is 4.74. The minimum atomic E-state index is -1.10. The Morgan fingerprint density at radius 2 is 1.86 bits per heavy atom. The number of ketones is 1. The Kier molecular flexibility index (Phi) is 1.80. The van der Waals surface area contributed by atoms with E-state index in [-0.39, 0.29) is 34.6 Å². The van der Waals surface area contributed by atoms with Crippen LogP contribution in [0.25, 0.3) is 0 Å². The lowest BCUT2D eigenvalue weighted by atomic mass is 9.99. The van der Waals surface area contributed by atoms with Gasteiger partial charge >= 0.3 is 6.03 Å². The van der Waals surface area contributed by atoms with Crippen molar-refractivity contribution in [3.63, 3.8) is 0 Å². The molecule has 0 bridgehead atoms. The number of carbonyl (C=O) groups excluding carboxylic acids is 2. The molecule has 0 unspecified atom stereocenters. The number of hydrogen-bond acceptors (Lipinski definition) is 2. The quantitative estimate of drug-likeness (QED) is 0.808. The number of anilines is 2. The van der Waals surface area contributed by atoms with Crippen LogP contribution in [0.4, 0.5) is 16.2 Å². The molecule has 1 heterocycles. The van der Waals surface area contributed by atoms with Gasteiger partial charge in [-0.3, -0.25) is 9.69 Å². The number of urea groups is 1. The lowest BCUT2D eigenvalue weighted by molar-refractivity contribution is 0.0994. The molecule has 0 aromatic heterocycles. The highest BCUT2D eigenvalue weighted by molar-refractivity contribution is 6.12. The van der Waals surface area contributed by atoms with Crippen LogP contribution in [0.1, 0.15) is 35.3 Å². The molecule has 0 radical (unpaired) electrons. The minimum Gasteiger partial charge on any atom is -0.351 e.